The van der Waals surface area contributed by atoms with Crippen molar-refractivity contribution >= 4 is 22.5 Å². The molecule has 3 rings (SSSR count). The standard InChI is InChI=1S/C20H27N3O3/c1-11-17(12(2)24)19(21)18-15(23-11)5-4-6-16(18)26-14-9-7-13(8-10-14)20(25)22-3/h4-6,12-14,24H,7-10H2,1-3H3,(H2,21,23)(H,22,25). The number of amides is 1. The molecule has 6 heteroatoms. The van der Waals surface area contributed by atoms with Crippen molar-refractivity contribution in [1.82, 2.24) is 10.3 Å². The Bertz CT molecular complexity index is 812. The first-order chi connectivity index (χ1) is 12.4. The summed E-state index contributed by atoms with van der Waals surface area (Å²) in [6.45, 7) is 3.54. The van der Waals surface area contributed by atoms with Crippen LogP contribution in [0, 0.1) is 12.8 Å². The van der Waals surface area contributed by atoms with Crippen LogP contribution in [0.15, 0.2) is 18.2 Å². The number of nitrogens with zero attached hydrogens (tertiary/aromatic N) is 1. The SMILES string of the molecule is CNC(=O)C1CCC(Oc2cccc3nc(C)c(C(C)O)c(N)c23)CC1. The molecule has 1 saturated carbocycles. The van der Waals surface area contributed by atoms with Crippen molar-refractivity contribution in [1.29, 1.82) is 0 Å². The lowest BCUT2D eigenvalue weighted by Gasteiger charge is -2.28. The molecule has 0 spiro atoms. The summed E-state index contributed by atoms with van der Waals surface area (Å²) in [5.41, 5.74) is 9.04. The predicted molar refractivity (Wildman–Crippen MR) is 102 cm³/mol. The van der Waals surface area contributed by atoms with Gasteiger partial charge in [-0.1, -0.05) is 6.07 Å². The van der Waals surface area contributed by atoms with Gasteiger partial charge in [0.15, 0.2) is 0 Å². The molecule has 1 amide bonds. The van der Waals surface area contributed by atoms with E-state index in [9.17, 15) is 9.90 Å². The largest absolute Gasteiger partial charge is 0.490 e. The maximum Gasteiger partial charge on any atom is 0.222 e. The van der Waals surface area contributed by atoms with Crippen LogP contribution < -0.4 is 15.8 Å². The predicted octanol–water partition coefficient (Wildman–Crippen LogP) is 2.86. The van der Waals surface area contributed by atoms with E-state index in [-0.39, 0.29) is 17.9 Å². The number of aliphatic hydroxyl groups is 1. The summed E-state index contributed by atoms with van der Waals surface area (Å²) in [6.07, 6.45) is 2.66. The first-order valence-electron chi connectivity index (χ1n) is 9.17. The average molecular weight is 357 g/mol. The zero-order chi connectivity index (χ0) is 18.8. The number of carbonyl (C=O) groups is 1. The fourth-order valence-corrected chi connectivity index (χ4v) is 3.91. The number of aromatic nitrogens is 1. The number of hydrogen-bond acceptors (Lipinski definition) is 5. The third kappa shape index (κ3) is 3.46. The molecule has 1 atom stereocenters. The molecular weight excluding hydrogens is 330 g/mol. The monoisotopic (exact) mass is 357 g/mol. The number of ether oxygens (including phenoxy) is 1. The van der Waals surface area contributed by atoms with Crippen molar-refractivity contribution < 1.29 is 14.6 Å². The van der Waals surface area contributed by atoms with Gasteiger partial charge in [0.2, 0.25) is 5.91 Å². The fraction of sp³-hybridized carbons (Fsp3) is 0.500. The average Bonchev–Trinajstić information content (AvgIpc) is 2.61. The molecule has 0 bridgehead atoms. The quantitative estimate of drug-likeness (QED) is 0.782. The second kappa shape index (κ2) is 7.50. The van der Waals surface area contributed by atoms with Crippen molar-refractivity contribution in [2.45, 2.75) is 51.7 Å². The number of pyridine rings is 1. The Morgan fingerprint density at radius 2 is 2.04 bits per heavy atom. The smallest absolute Gasteiger partial charge is 0.222 e. The van der Waals surface area contributed by atoms with Crippen molar-refractivity contribution in [3.63, 3.8) is 0 Å². The van der Waals surface area contributed by atoms with E-state index in [0.717, 1.165) is 42.3 Å². The molecule has 0 radical (unpaired) electrons. The van der Waals surface area contributed by atoms with Crippen molar-refractivity contribution in [2.75, 3.05) is 12.8 Å². The molecule has 1 aromatic carbocycles. The lowest BCUT2D eigenvalue weighted by molar-refractivity contribution is -0.125. The van der Waals surface area contributed by atoms with Gasteiger partial charge in [-0.05, 0) is 51.7 Å². The highest BCUT2D eigenvalue weighted by molar-refractivity contribution is 5.97. The Labute approximate surface area is 153 Å². The van der Waals surface area contributed by atoms with Crippen LogP contribution in [0.3, 0.4) is 0 Å². The minimum absolute atomic E-state index is 0.0530. The molecule has 1 aromatic heterocycles. The number of hydrogen-bond donors (Lipinski definition) is 3. The third-order valence-electron chi connectivity index (χ3n) is 5.24. The second-order valence-corrected chi connectivity index (χ2v) is 7.06. The molecule has 1 fully saturated rings. The molecule has 1 aliphatic carbocycles. The molecule has 1 heterocycles. The van der Waals surface area contributed by atoms with E-state index >= 15 is 0 Å². The minimum Gasteiger partial charge on any atom is -0.490 e. The van der Waals surface area contributed by atoms with Crippen molar-refractivity contribution in [3.05, 3.63) is 29.5 Å². The number of nitrogen functional groups attached to an aromatic ring is 1. The highest BCUT2D eigenvalue weighted by atomic mass is 16.5. The molecule has 6 nitrogen and oxygen atoms in total. The van der Waals surface area contributed by atoms with Gasteiger partial charge in [-0.25, -0.2) is 0 Å². The van der Waals surface area contributed by atoms with Gasteiger partial charge >= 0.3 is 0 Å². The van der Waals surface area contributed by atoms with E-state index in [1.807, 2.05) is 25.1 Å². The van der Waals surface area contributed by atoms with E-state index in [1.165, 1.54) is 0 Å². The number of aryl methyl sites for hydroxylation is 1. The van der Waals surface area contributed by atoms with Crippen LogP contribution in [-0.2, 0) is 4.79 Å². The molecule has 140 valence electrons. The number of anilines is 1. The van der Waals surface area contributed by atoms with Gasteiger partial charge in [0.1, 0.15) is 5.75 Å². The number of nitrogens with two attached hydrogens (primary N) is 1. The Balaban J connectivity index is 1.87. The van der Waals surface area contributed by atoms with Crippen LogP contribution in [0.5, 0.6) is 5.75 Å². The van der Waals surface area contributed by atoms with Gasteiger partial charge in [-0.2, -0.15) is 0 Å². The highest BCUT2D eigenvalue weighted by Crippen LogP contribution is 2.37. The van der Waals surface area contributed by atoms with Gasteiger partial charge in [0.05, 0.1) is 28.8 Å². The molecule has 2 aromatic rings. The highest BCUT2D eigenvalue weighted by Gasteiger charge is 2.27. The molecule has 0 saturated heterocycles. The number of benzene rings is 1. The van der Waals surface area contributed by atoms with Crippen molar-refractivity contribution in [2.24, 2.45) is 5.92 Å². The van der Waals surface area contributed by atoms with Crippen molar-refractivity contribution in [3.8, 4) is 5.75 Å². The number of aliphatic hydroxyl groups excluding tert-OH is 1. The Morgan fingerprint density at radius 1 is 1.35 bits per heavy atom. The zero-order valence-corrected chi connectivity index (χ0v) is 15.6. The van der Waals surface area contributed by atoms with E-state index in [0.29, 0.717) is 17.0 Å². The van der Waals surface area contributed by atoms with Gasteiger partial charge < -0.3 is 20.9 Å². The first-order valence-corrected chi connectivity index (χ1v) is 9.17. The van der Waals surface area contributed by atoms with Gasteiger partial charge in [-0.3, -0.25) is 9.78 Å². The number of rotatable bonds is 4. The summed E-state index contributed by atoms with van der Waals surface area (Å²) in [5.74, 6) is 0.875. The van der Waals surface area contributed by atoms with Crippen LogP contribution >= 0.6 is 0 Å². The molecule has 1 unspecified atom stereocenters. The summed E-state index contributed by atoms with van der Waals surface area (Å²) < 4.78 is 6.25. The Morgan fingerprint density at radius 3 is 2.65 bits per heavy atom. The first kappa shape index (κ1) is 18.5. The fourth-order valence-electron chi connectivity index (χ4n) is 3.91. The summed E-state index contributed by atoms with van der Waals surface area (Å²) >= 11 is 0. The maximum absolute atomic E-state index is 11.8. The van der Waals surface area contributed by atoms with Gasteiger partial charge in [0, 0.05) is 24.2 Å². The molecule has 4 N–H and O–H groups in total. The van der Waals surface area contributed by atoms with Gasteiger partial charge in [-0.15, -0.1) is 0 Å². The number of carbonyl (C=O) groups excluding carboxylic acids is 1. The van der Waals surface area contributed by atoms with Crippen LogP contribution in [0.2, 0.25) is 0 Å². The maximum atomic E-state index is 11.8. The summed E-state index contributed by atoms with van der Waals surface area (Å²) in [7, 11) is 1.68. The normalized spacial score (nSPS) is 21.4. The lowest BCUT2D eigenvalue weighted by Crippen LogP contribution is -2.33. The topological polar surface area (TPSA) is 97.5 Å². The third-order valence-corrected chi connectivity index (χ3v) is 5.24. The number of fused-ring (bicyclic) bond motifs is 1. The molecule has 26 heavy (non-hydrogen) atoms. The second-order valence-electron chi connectivity index (χ2n) is 7.06. The lowest BCUT2D eigenvalue weighted by atomic mass is 9.87. The van der Waals surface area contributed by atoms with Crippen LogP contribution in [-0.4, -0.2) is 29.1 Å². The van der Waals surface area contributed by atoms with Gasteiger partial charge in [0.25, 0.3) is 0 Å². The Kier molecular flexibility index (Phi) is 5.32. The number of nitrogens with one attached hydrogen (secondary N) is 1. The van der Waals surface area contributed by atoms with E-state index in [4.69, 9.17) is 10.5 Å². The summed E-state index contributed by atoms with van der Waals surface area (Å²) in [4.78, 5) is 16.4. The van der Waals surface area contributed by atoms with Crippen LogP contribution in [0.1, 0.15) is 50.0 Å². The van der Waals surface area contributed by atoms with Crippen LogP contribution in [0.25, 0.3) is 10.9 Å². The van der Waals surface area contributed by atoms with E-state index in [2.05, 4.69) is 10.3 Å². The summed E-state index contributed by atoms with van der Waals surface area (Å²) in [6, 6.07) is 5.70. The minimum atomic E-state index is -0.692. The van der Waals surface area contributed by atoms with E-state index in [1.54, 1.807) is 14.0 Å². The zero-order valence-electron chi connectivity index (χ0n) is 15.6. The molecular formula is C20H27N3O3. The Hall–Kier alpha value is -2.34. The molecule has 0 aliphatic heterocycles. The molecule has 1 aliphatic rings. The summed E-state index contributed by atoms with van der Waals surface area (Å²) in [5, 5.41) is 13.5. The van der Waals surface area contributed by atoms with Crippen LogP contribution in [0.4, 0.5) is 5.69 Å². The van der Waals surface area contributed by atoms with E-state index < -0.39 is 6.10 Å².